The van der Waals surface area contributed by atoms with Gasteiger partial charge < -0.3 is 14.5 Å². The topological polar surface area (TPSA) is 94.3 Å². The molecule has 7 nitrogen and oxygen atoms in total. The van der Waals surface area contributed by atoms with Crippen molar-refractivity contribution in [1.82, 2.24) is 9.97 Å². The van der Waals surface area contributed by atoms with E-state index in [1.54, 1.807) is 37.4 Å². The van der Waals surface area contributed by atoms with Gasteiger partial charge in [0.2, 0.25) is 0 Å². The first kappa shape index (κ1) is 15.7. The van der Waals surface area contributed by atoms with Crippen molar-refractivity contribution < 1.29 is 18.7 Å². The Hall–Kier alpha value is -3.22. The number of anilines is 1. The number of nitrogens with one attached hydrogen (secondary N) is 1. The van der Waals surface area contributed by atoms with Crippen molar-refractivity contribution in [3.05, 3.63) is 54.7 Å². The highest BCUT2D eigenvalue weighted by atomic mass is 16.5. The van der Waals surface area contributed by atoms with Crippen molar-refractivity contribution >= 4 is 28.7 Å². The third-order valence-corrected chi connectivity index (χ3v) is 3.41. The molecule has 1 N–H and O–H groups in total. The minimum absolute atomic E-state index is 0.298. The summed E-state index contributed by atoms with van der Waals surface area (Å²) in [5.41, 5.74) is 1.97. The van der Waals surface area contributed by atoms with Crippen molar-refractivity contribution in [2.24, 2.45) is 0 Å². The lowest BCUT2D eigenvalue weighted by molar-refractivity contribution is -0.124. The van der Waals surface area contributed by atoms with E-state index >= 15 is 0 Å². The molecule has 7 heteroatoms. The monoisotopic (exact) mass is 325 g/mol. The molecule has 0 radical (unpaired) electrons. The lowest BCUT2D eigenvalue weighted by Gasteiger charge is -2.16. The van der Waals surface area contributed by atoms with Crippen LogP contribution >= 0.6 is 0 Å². The molecule has 0 bridgehead atoms. The molecule has 0 saturated carbocycles. The molecule has 2 heterocycles. The van der Waals surface area contributed by atoms with E-state index in [4.69, 9.17) is 9.15 Å². The summed E-state index contributed by atoms with van der Waals surface area (Å²) in [4.78, 5) is 32.4. The molecule has 0 aliphatic heterocycles. The maximum absolute atomic E-state index is 12.3. The normalized spacial score (nSPS) is 11.9. The van der Waals surface area contributed by atoms with Gasteiger partial charge in [-0.3, -0.25) is 9.78 Å². The van der Waals surface area contributed by atoms with Gasteiger partial charge in [0.15, 0.2) is 18.1 Å². The van der Waals surface area contributed by atoms with E-state index in [2.05, 4.69) is 15.3 Å². The zero-order chi connectivity index (χ0) is 16.9. The number of carbonyl (C=O) groups excluding carboxylic acids is 2. The molecule has 0 aliphatic rings. The summed E-state index contributed by atoms with van der Waals surface area (Å²) < 4.78 is 10.5. The van der Waals surface area contributed by atoms with Gasteiger partial charge in [0.25, 0.3) is 5.91 Å². The van der Waals surface area contributed by atoms with Crippen LogP contribution in [0.4, 0.5) is 5.69 Å². The van der Waals surface area contributed by atoms with Gasteiger partial charge in [-0.1, -0.05) is 6.92 Å². The molecule has 2 aromatic heterocycles. The maximum Gasteiger partial charge on any atom is 0.339 e. The van der Waals surface area contributed by atoms with Gasteiger partial charge in [0.05, 0.1) is 17.4 Å². The number of aromatic nitrogens is 2. The molecule has 0 fully saturated rings. The van der Waals surface area contributed by atoms with Crippen molar-refractivity contribution in [2.45, 2.75) is 19.4 Å². The van der Waals surface area contributed by atoms with E-state index in [0.717, 1.165) is 0 Å². The Kier molecular flexibility index (Phi) is 4.51. The molecule has 0 aliphatic carbocycles. The molecule has 3 rings (SSSR count). The number of oxazole rings is 1. The third-order valence-electron chi connectivity index (χ3n) is 3.41. The fourth-order valence-corrected chi connectivity index (χ4v) is 2.16. The first-order valence-electron chi connectivity index (χ1n) is 7.42. The average molecular weight is 325 g/mol. The second-order valence-corrected chi connectivity index (χ2v) is 5.07. The second kappa shape index (κ2) is 6.91. The number of ether oxygens (including phenoxy) is 1. The summed E-state index contributed by atoms with van der Waals surface area (Å²) in [6.07, 6.45) is 3.87. The maximum atomic E-state index is 12.3. The molecule has 0 saturated heterocycles. The van der Waals surface area contributed by atoms with E-state index < -0.39 is 18.0 Å². The molecule has 1 atom stereocenters. The first-order chi connectivity index (χ1) is 11.7. The van der Waals surface area contributed by atoms with Crippen LogP contribution in [0.25, 0.3) is 11.1 Å². The van der Waals surface area contributed by atoms with Crippen molar-refractivity contribution in [1.29, 1.82) is 0 Å². The molecule has 24 heavy (non-hydrogen) atoms. The molecule has 0 spiro atoms. The van der Waals surface area contributed by atoms with Gasteiger partial charge in [0.1, 0.15) is 5.52 Å². The molecular formula is C17H15N3O4. The summed E-state index contributed by atoms with van der Waals surface area (Å²) in [5.74, 6) is -0.999. The number of fused-ring (bicyclic) bond motifs is 1. The number of carbonyl (C=O) groups is 2. The van der Waals surface area contributed by atoms with E-state index in [-0.39, 0.29) is 0 Å². The molecular weight excluding hydrogens is 310 g/mol. The lowest BCUT2D eigenvalue weighted by Crippen LogP contribution is -2.32. The van der Waals surface area contributed by atoms with Crippen LogP contribution in [0, 0.1) is 0 Å². The Morgan fingerprint density at radius 3 is 2.96 bits per heavy atom. The Morgan fingerprint density at radius 2 is 2.21 bits per heavy atom. The van der Waals surface area contributed by atoms with Crippen LogP contribution in [0.1, 0.15) is 23.7 Å². The Balaban J connectivity index is 1.69. The number of hydrogen-bond donors (Lipinski definition) is 1. The van der Waals surface area contributed by atoms with Crippen LogP contribution < -0.4 is 5.32 Å². The molecule has 1 aromatic carbocycles. The summed E-state index contributed by atoms with van der Waals surface area (Å²) >= 11 is 0. The van der Waals surface area contributed by atoms with E-state index in [9.17, 15) is 9.59 Å². The highest BCUT2D eigenvalue weighted by Crippen LogP contribution is 2.16. The van der Waals surface area contributed by atoms with E-state index in [1.807, 2.05) is 0 Å². The number of rotatable bonds is 5. The molecule has 122 valence electrons. The number of hydrogen-bond acceptors (Lipinski definition) is 6. The lowest BCUT2D eigenvalue weighted by atomic mass is 10.2. The van der Waals surface area contributed by atoms with Crippen LogP contribution in [0.15, 0.2) is 53.5 Å². The predicted molar refractivity (Wildman–Crippen MR) is 86.4 cm³/mol. The van der Waals surface area contributed by atoms with Crippen LogP contribution in [-0.2, 0) is 9.53 Å². The van der Waals surface area contributed by atoms with Gasteiger partial charge in [0, 0.05) is 6.20 Å². The zero-order valence-electron chi connectivity index (χ0n) is 12.9. The molecule has 1 amide bonds. The highest BCUT2D eigenvalue weighted by Gasteiger charge is 2.22. The van der Waals surface area contributed by atoms with Gasteiger partial charge >= 0.3 is 5.97 Å². The summed E-state index contributed by atoms with van der Waals surface area (Å²) in [6.45, 7) is 1.76. The highest BCUT2D eigenvalue weighted by molar-refractivity contribution is 5.98. The average Bonchev–Trinajstić information content (AvgIpc) is 3.07. The third kappa shape index (κ3) is 3.40. The van der Waals surface area contributed by atoms with Crippen LogP contribution in [-0.4, -0.2) is 27.9 Å². The van der Waals surface area contributed by atoms with Crippen LogP contribution in [0.3, 0.4) is 0 Å². The Bertz CT molecular complexity index is 860. The van der Waals surface area contributed by atoms with Gasteiger partial charge in [-0.25, -0.2) is 9.78 Å². The minimum atomic E-state index is -0.900. The Labute approximate surface area is 137 Å². The van der Waals surface area contributed by atoms with Gasteiger partial charge in [-0.2, -0.15) is 0 Å². The summed E-state index contributed by atoms with van der Waals surface area (Å²) in [5, 5.41) is 2.67. The SMILES string of the molecule is CCC(OC(=O)c1ccc2ncoc2c1)C(=O)Nc1cccnc1. The fourth-order valence-electron chi connectivity index (χ4n) is 2.16. The van der Waals surface area contributed by atoms with Gasteiger partial charge in [-0.15, -0.1) is 0 Å². The first-order valence-corrected chi connectivity index (χ1v) is 7.42. The Morgan fingerprint density at radius 1 is 1.33 bits per heavy atom. The van der Waals surface area contributed by atoms with Crippen LogP contribution in [0.2, 0.25) is 0 Å². The number of pyridine rings is 1. The smallest absolute Gasteiger partial charge is 0.339 e. The number of nitrogens with zero attached hydrogens (tertiary/aromatic N) is 2. The second-order valence-electron chi connectivity index (χ2n) is 5.07. The van der Waals surface area contributed by atoms with Crippen molar-refractivity contribution in [3.8, 4) is 0 Å². The number of amides is 1. The van der Waals surface area contributed by atoms with E-state index in [0.29, 0.717) is 28.8 Å². The molecule has 3 aromatic rings. The summed E-state index contributed by atoms with van der Waals surface area (Å²) in [6, 6.07) is 8.19. The summed E-state index contributed by atoms with van der Waals surface area (Å²) in [7, 11) is 0. The standard InChI is InChI=1S/C17H15N3O4/c1-2-14(16(21)20-12-4-3-7-18-9-12)24-17(22)11-5-6-13-15(8-11)23-10-19-13/h3-10,14H,2H2,1H3,(H,20,21). The van der Waals surface area contributed by atoms with E-state index in [1.165, 1.54) is 18.7 Å². The zero-order valence-corrected chi connectivity index (χ0v) is 12.9. The van der Waals surface area contributed by atoms with Crippen LogP contribution in [0.5, 0.6) is 0 Å². The minimum Gasteiger partial charge on any atom is -0.449 e. The van der Waals surface area contributed by atoms with Crippen molar-refractivity contribution in [2.75, 3.05) is 5.32 Å². The van der Waals surface area contributed by atoms with Gasteiger partial charge in [-0.05, 0) is 36.8 Å². The fraction of sp³-hybridized carbons (Fsp3) is 0.176. The quantitative estimate of drug-likeness (QED) is 0.725. The van der Waals surface area contributed by atoms with Crippen molar-refractivity contribution in [3.63, 3.8) is 0 Å². The molecule has 1 unspecified atom stereocenters. The number of esters is 1. The largest absolute Gasteiger partial charge is 0.449 e. The predicted octanol–water partition coefficient (Wildman–Crippen LogP) is 2.80. The number of benzene rings is 1.